The topological polar surface area (TPSA) is 55.9 Å². The van der Waals surface area contributed by atoms with Gasteiger partial charge in [-0.15, -0.1) is 0 Å². The van der Waals surface area contributed by atoms with Gasteiger partial charge in [0.2, 0.25) is 0 Å². The highest BCUT2D eigenvalue weighted by atomic mass is 32.1. The van der Waals surface area contributed by atoms with E-state index in [9.17, 15) is 8.78 Å². The Balaban J connectivity index is 1.83. The van der Waals surface area contributed by atoms with Crippen LogP contribution in [0.4, 0.5) is 14.5 Å². The summed E-state index contributed by atoms with van der Waals surface area (Å²) in [5.74, 6) is -1.96. The van der Waals surface area contributed by atoms with Crippen molar-refractivity contribution in [3.63, 3.8) is 0 Å². The molecule has 0 saturated heterocycles. The number of hydrogen-bond donors (Lipinski definition) is 2. The van der Waals surface area contributed by atoms with E-state index in [1.165, 1.54) is 12.1 Å². The Kier molecular flexibility index (Phi) is 5.21. The lowest BCUT2D eigenvalue weighted by Gasteiger charge is -2.10. The van der Waals surface area contributed by atoms with Gasteiger partial charge in [0.25, 0.3) is 0 Å². The molecule has 1 heterocycles. The minimum absolute atomic E-state index is 0.0758. The van der Waals surface area contributed by atoms with Gasteiger partial charge in [-0.2, -0.15) is 0 Å². The van der Waals surface area contributed by atoms with Gasteiger partial charge in [0.15, 0.2) is 11.6 Å². The highest BCUT2D eigenvalue weighted by molar-refractivity contribution is 7.80. The van der Waals surface area contributed by atoms with Crippen molar-refractivity contribution < 1.29 is 8.78 Å². The number of aryl methyl sites for hydroxylation is 1. The van der Waals surface area contributed by atoms with E-state index in [-0.39, 0.29) is 16.2 Å². The Morgan fingerprint density at radius 2 is 2.10 bits per heavy atom. The zero-order valence-corrected chi connectivity index (χ0v) is 12.2. The van der Waals surface area contributed by atoms with Crippen LogP contribution in [0.15, 0.2) is 30.9 Å². The average Bonchev–Trinajstić information content (AvgIpc) is 2.96. The van der Waals surface area contributed by atoms with E-state index in [1.807, 2.05) is 10.8 Å². The molecule has 112 valence electrons. The molecule has 21 heavy (non-hydrogen) atoms. The molecular weight excluding hydrogens is 294 g/mol. The van der Waals surface area contributed by atoms with Gasteiger partial charge in [-0.25, -0.2) is 13.8 Å². The molecule has 0 bridgehead atoms. The van der Waals surface area contributed by atoms with Crippen molar-refractivity contribution in [1.29, 1.82) is 0 Å². The van der Waals surface area contributed by atoms with E-state index in [4.69, 9.17) is 5.73 Å². The number of aromatic nitrogens is 2. The van der Waals surface area contributed by atoms with Gasteiger partial charge in [-0.3, -0.25) is 0 Å². The number of thiocarbonyl (C=S) groups is 1. The highest BCUT2D eigenvalue weighted by Gasteiger charge is 2.14. The summed E-state index contributed by atoms with van der Waals surface area (Å²) in [5, 5.41) is 2.88. The zero-order chi connectivity index (χ0) is 15.2. The Morgan fingerprint density at radius 3 is 2.76 bits per heavy atom. The number of benzene rings is 1. The summed E-state index contributed by atoms with van der Waals surface area (Å²) in [7, 11) is 0. The fraction of sp³-hybridized carbons (Fsp3) is 0.286. The monoisotopic (exact) mass is 310 g/mol. The van der Waals surface area contributed by atoms with Crippen LogP contribution < -0.4 is 11.1 Å². The van der Waals surface area contributed by atoms with Crippen LogP contribution in [0.1, 0.15) is 18.4 Å². The molecule has 0 atom stereocenters. The van der Waals surface area contributed by atoms with Gasteiger partial charge >= 0.3 is 0 Å². The number of hydrogen-bond acceptors (Lipinski definition) is 3. The van der Waals surface area contributed by atoms with Crippen LogP contribution in [-0.4, -0.2) is 21.1 Å². The summed E-state index contributed by atoms with van der Waals surface area (Å²) in [4.78, 5) is 3.79. The third-order valence-electron chi connectivity index (χ3n) is 3.07. The van der Waals surface area contributed by atoms with Gasteiger partial charge < -0.3 is 15.6 Å². The molecular formula is C14H16F2N4S. The minimum atomic E-state index is -1.01. The van der Waals surface area contributed by atoms with Gasteiger partial charge in [0.1, 0.15) is 4.99 Å². The zero-order valence-electron chi connectivity index (χ0n) is 11.4. The predicted octanol–water partition coefficient (Wildman–Crippen LogP) is 2.69. The van der Waals surface area contributed by atoms with E-state index in [0.29, 0.717) is 6.54 Å². The Morgan fingerprint density at radius 1 is 1.29 bits per heavy atom. The maximum atomic E-state index is 13.8. The first kappa shape index (κ1) is 15.4. The van der Waals surface area contributed by atoms with Gasteiger partial charge in [0.05, 0.1) is 12.0 Å². The van der Waals surface area contributed by atoms with Crippen molar-refractivity contribution in [2.75, 3.05) is 11.9 Å². The van der Waals surface area contributed by atoms with Crippen molar-refractivity contribution in [3.05, 3.63) is 48.1 Å². The Labute approximate surface area is 127 Å². The number of imidazole rings is 1. The number of rotatable bonds is 7. The van der Waals surface area contributed by atoms with Crippen LogP contribution in [0.25, 0.3) is 0 Å². The summed E-state index contributed by atoms with van der Waals surface area (Å²) < 4.78 is 29.4. The molecule has 2 rings (SSSR count). The molecule has 1 aromatic carbocycles. The lowest BCUT2D eigenvalue weighted by molar-refractivity contribution is 0.509. The lowest BCUT2D eigenvalue weighted by atomic mass is 10.1. The van der Waals surface area contributed by atoms with Gasteiger partial charge in [-0.05, 0) is 25.0 Å². The summed E-state index contributed by atoms with van der Waals surface area (Å²) in [6, 6.07) is 2.83. The number of nitrogens with two attached hydrogens (primary N) is 1. The normalized spacial score (nSPS) is 10.6. The van der Waals surface area contributed by atoms with Crippen molar-refractivity contribution >= 4 is 22.9 Å². The Hall–Kier alpha value is -2.02. The molecule has 3 N–H and O–H groups in total. The van der Waals surface area contributed by atoms with Gasteiger partial charge in [-0.1, -0.05) is 12.2 Å². The first-order chi connectivity index (χ1) is 10.1. The second-order valence-electron chi connectivity index (χ2n) is 4.59. The molecule has 0 aliphatic heterocycles. The number of unbranched alkanes of at least 4 members (excludes halogenated alkanes) is 1. The molecule has 0 aliphatic carbocycles. The molecule has 0 aliphatic rings. The van der Waals surface area contributed by atoms with Crippen LogP contribution in [0, 0.1) is 11.6 Å². The number of anilines is 1. The maximum Gasteiger partial charge on any atom is 0.182 e. The standard InChI is InChI=1S/C14H16F2N4S/c15-12-10(14(17)21)3-4-11(13(12)16)19-5-1-2-7-20-8-6-18-9-20/h3-4,6,8-9,19H,1-2,5,7H2,(H2,17,21). The molecule has 0 amide bonds. The second-order valence-corrected chi connectivity index (χ2v) is 5.03. The third-order valence-corrected chi connectivity index (χ3v) is 3.29. The minimum Gasteiger partial charge on any atom is -0.389 e. The predicted molar refractivity (Wildman–Crippen MR) is 82.2 cm³/mol. The van der Waals surface area contributed by atoms with E-state index < -0.39 is 11.6 Å². The molecule has 4 nitrogen and oxygen atoms in total. The average molecular weight is 310 g/mol. The van der Waals surface area contributed by atoms with Crippen LogP contribution in [0.3, 0.4) is 0 Å². The summed E-state index contributed by atoms with van der Waals surface area (Å²) in [6.45, 7) is 1.40. The summed E-state index contributed by atoms with van der Waals surface area (Å²) >= 11 is 4.66. The number of nitrogens with one attached hydrogen (secondary N) is 1. The quantitative estimate of drug-likeness (QED) is 0.610. The van der Waals surface area contributed by atoms with Crippen LogP contribution in [0.5, 0.6) is 0 Å². The van der Waals surface area contributed by atoms with E-state index in [0.717, 1.165) is 19.4 Å². The fourth-order valence-electron chi connectivity index (χ4n) is 1.94. The van der Waals surface area contributed by atoms with Crippen molar-refractivity contribution in [2.45, 2.75) is 19.4 Å². The molecule has 0 spiro atoms. The van der Waals surface area contributed by atoms with Crippen molar-refractivity contribution in [3.8, 4) is 0 Å². The van der Waals surface area contributed by atoms with Crippen molar-refractivity contribution in [1.82, 2.24) is 9.55 Å². The summed E-state index contributed by atoms with van der Waals surface area (Å²) in [6.07, 6.45) is 7.10. The van der Waals surface area contributed by atoms with Crippen molar-refractivity contribution in [2.24, 2.45) is 5.73 Å². The molecule has 2 aromatic rings. The molecule has 0 fully saturated rings. The highest BCUT2D eigenvalue weighted by Crippen LogP contribution is 2.20. The first-order valence-electron chi connectivity index (χ1n) is 6.57. The second kappa shape index (κ2) is 7.12. The van der Waals surface area contributed by atoms with Gasteiger partial charge in [0, 0.05) is 31.0 Å². The first-order valence-corrected chi connectivity index (χ1v) is 6.98. The van der Waals surface area contributed by atoms with Crippen LogP contribution in [-0.2, 0) is 6.54 Å². The number of nitrogens with zero attached hydrogens (tertiary/aromatic N) is 2. The Bertz CT molecular complexity index is 614. The summed E-state index contributed by atoms with van der Waals surface area (Å²) in [5.41, 5.74) is 5.36. The molecule has 0 radical (unpaired) electrons. The van der Waals surface area contributed by atoms with E-state index in [1.54, 1.807) is 12.5 Å². The molecule has 0 saturated carbocycles. The van der Waals surface area contributed by atoms with Crippen LogP contribution in [0.2, 0.25) is 0 Å². The molecule has 1 aromatic heterocycles. The fourth-order valence-corrected chi connectivity index (χ4v) is 2.10. The maximum absolute atomic E-state index is 13.8. The molecule has 7 heteroatoms. The van der Waals surface area contributed by atoms with Crippen LogP contribution >= 0.6 is 12.2 Å². The van der Waals surface area contributed by atoms with E-state index >= 15 is 0 Å². The smallest absolute Gasteiger partial charge is 0.182 e. The van der Waals surface area contributed by atoms with E-state index in [2.05, 4.69) is 22.5 Å². The number of halogens is 2. The lowest BCUT2D eigenvalue weighted by Crippen LogP contribution is -2.14. The third kappa shape index (κ3) is 3.98. The SMILES string of the molecule is NC(=S)c1ccc(NCCCCn2ccnc2)c(F)c1F. The largest absolute Gasteiger partial charge is 0.389 e. The molecule has 0 unspecified atom stereocenters.